The second kappa shape index (κ2) is 7.82. The maximum Gasteiger partial charge on any atom is 0.123 e. The monoisotopic (exact) mass is 350 g/mol. The Morgan fingerprint density at radius 1 is 0.654 bits per heavy atom. The van der Waals surface area contributed by atoms with Crippen LogP contribution < -0.4 is 0 Å². The van der Waals surface area contributed by atoms with Gasteiger partial charge in [-0.25, -0.2) is 13.2 Å². The molecule has 0 saturated heterocycles. The fraction of sp³-hybridized carbons (Fsp3) is 0.182. The van der Waals surface area contributed by atoms with Crippen molar-refractivity contribution in [1.29, 1.82) is 0 Å². The molecule has 0 unspecified atom stereocenters. The van der Waals surface area contributed by atoms with Crippen molar-refractivity contribution in [3.63, 3.8) is 0 Å². The molecule has 0 saturated carbocycles. The third-order valence-corrected chi connectivity index (χ3v) is 4.71. The maximum absolute atomic E-state index is 14.0. The van der Waals surface area contributed by atoms with Gasteiger partial charge in [-0.1, -0.05) is 49.1 Å². The highest BCUT2D eigenvalue weighted by Gasteiger charge is 2.36. The summed E-state index contributed by atoms with van der Waals surface area (Å²) in [7, 11) is 5.74. The lowest BCUT2D eigenvalue weighted by Crippen LogP contribution is -2.30. The van der Waals surface area contributed by atoms with E-state index >= 15 is 0 Å². The van der Waals surface area contributed by atoms with Crippen LogP contribution >= 0.6 is 0 Å². The van der Waals surface area contributed by atoms with E-state index < -0.39 is 22.9 Å². The predicted octanol–water partition coefficient (Wildman–Crippen LogP) is 5.81. The van der Waals surface area contributed by atoms with E-state index in [0.29, 0.717) is 35.9 Å². The van der Waals surface area contributed by atoms with Gasteiger partial charge in [0.25, 0.3) is 0 Å². The number of hydrogen-bond donors (Lipinski definition) is 0. The van der Waals surface area contributed by atoms with Gasteiger partial charge in [0.1, 0.15) is 17.5 Å². The topological polar surface area (TPSA) is 0 Å². The fourth-order valence-electron chi connectivity index (χ4n) is 3.56. The predicted molar refractivity (Wildman–Crippen MR) is 98.9 cm³/mol. The Hall–Kier alpha value is -2.49. The zero-order chi connectivity index (χ0) is 18.6. The molecule has 0 spiro atoms. The summed E-state index contributed by atoms with van der Waals surface area (Å²) in [6, 6.07) is 18.5. The summed E-state index contributed by atoms with van der Waals surface area (Å²) in [6.45, 7) is 0. The molecule has 0 aliphatic carbocycles. The molecule has 0 fully saturated rings. The van der Waals surface area contributed by atoms with Crippen LogP contribution in [0.1, 0.15) is 29.5 Å². The van der Waals surface area contributed by atoms with E-state index in [9.17, 15) is 13.2 Å². The van der Waals surface area contributed by atoms with Crippen LogP contribution in [0, 0.1) is 17.5 Å². The molecule has 0 nitrogen and oxygen atoms in total. The highest BCUT2D eigenvalue weighted by Crippen LogP contribution is 2.44. The first-order valence-corrected chi connectivity index (χ1v) is 8.54. The summed E-state index contributed by atoms with van der Waals surface area (Å²) < 4.78 is 42.1. The van der Waals surface area contributed by atoms with Gasteiger partial charge in [-0.05, 0) is 59.5 Å². The molecule has 0 amide bonds. The van der Waals surface area contributed by atoms with Gasteiger partial charge in [0.15, 0.2) is 0 Å². The third kappa shape index (κ3) is 3.55. The minimum absolute atomic E-state index is 0.396. The van der Waals surface area contributed by atoms with Crippen molar-refractivity contribution in [1.82, 2.24) is 0 Å². The molecule has 2 radical (unpaired) electrons. The van der Waals surface area contributed by atoms with Crippen molar-refractivity contribution < 1.29 is 13.2 Å². The van der Waals surface area contributed by atoms with Crippen LogP contribution in [-0.2, 0) is 5.41 Å². The molecule has 0 heterocycles. The van der Waals surface area contributed by atoms with Crippen LogP contribution in [0.2, 0.25) is 6.32 Å². The molecule has 130 valence electrons. The minimum Gasteiger partial charge on any atom is -0.207 e. The number of benzene rings is 3. The first-order valence-electron chi connectivity index (χ1n) is 8.54. The molecule has 3 aromatic carbocycles. The smallest absolute Gasteiger partial charge is 0.123 e. The lowest BCUT2D eigenvalue weighted by molar-refractivity contribution is 0.529. The molecule has 3 aromatic rings. The Morgan fingerprint density at radius 2 is 1.04 bits per heavy atom. The SMILES string of the molecule is [B]CCCC(c1cccc(F)c1)(c1cccc(F)c1)c1cccc(F)c1. The van der Waals surface area contributed by atoms with Crippen LogP contribution in [0.25, 0.3) is 0 Å². The fourth-order valence-corrected chi connectivity index (χ4v) is 3.56. The van der Waals surface area contributed by atoms with Crippen LogP contribution in [0.5, 0.6) is 0 Å². The van der Waals surface area contributed by atoms with Gasteiger partial charge in [0.05, 0.1) is 7.85 Å². The zero-order valence-corrected chi connectivity index (χ0v) is 14.3. The molecule has 26 heavy (non-hydrogen) atoms. The number of hydrogen-bond acceptors (Lipinski definition) is 0. The normalized spacial score (nSPS) is 11.5. The molecular formula is C22H18BF3. The van der Waals surface area contributed by atoms with Gasteiger partial charge in [-0.15, -0.1) is 0 Å². The Balaban J connectivity index is 2.34. The van der Waals surface area contributed by atoms with Crippen LogP contribution in [0.15, 0.2) is 72.8 Å². The molecule has 0 aliphatic heterocycles. The van der Waals surface area contributed by atoms with Crippen LogP contribution in [0.3, 0.4) is 0 Å². The molecule has 3 rings (SSSR count). The summed E-state index contributed by atoms with van der Waals surface area (Å²) in [5.41, 5.74) is 1.03. The van der Waals surface area contributed by atoms with Gasteiger partial charge in [0, 0.05) is 5.41 Å². The second-order valence-corrected chi connectivity index (χ2v) is 6.33. The Bertz CT molecular complexity index is 781. The average molecular weight is 350 g/mol. The molecule has 0 atom stereocenters. The Kier molecular flexibility index (Phi) is 5.50. The summed E-state index contributed by atoms with van der Waals surface area (Å²) in [6.07, 6.45) is 1.53. The summed E-state index contributed by atoms with van der Waals surface area (Å²) in [5, 5.41) is 0. The molecule has 0 aliphatic rings. The van der Waals surface area contributed by atoms with E-state index in [2.05, 4.69) is 0 Å². The second-order valence-electron chi connectivity index (χ2n) is 6.33. The number of halogens is 3. The maximum atomic E-state index is 14.0. The highest BCUT2D eigenvalue weighted by molar-refractivity contribution is 6.08. The van der Waals surface area contributed by atoms with Gasteiger partial charge in [0.2, 0.25) is 0 Å². The minimum atomic E-state index is -0.897. The van der Waals surface area contributed by atoms with E-state index in [1.54, 1.807) is 36.4 Å². The van der Waals surface area contributed by atoms with Crippen molar-refractivity contribution in [3.8, 4) is 0 Å². The van der Waals surface area contributed by atoms with E-state index in [4.69, 9.17) is 7.85 Å². The van der Waals surface area contributed by atoms with E-state index in [1.165, 1.54) is 36.4 Å². The Morgan fingerprint density at radius 3 is 1.35 bits per heavy atom. The lowest BCUT2D eigenvalue weighted by atomic mass is 9.66. The number of rotatable bonds is 6. The van der Waals surface area contributed by atoms with E-state index in [0.717, 1.165) is 0 Å². The van der Waals surface area contributed by atoms with E-state index in [-0.39, 0.29) is 0 Å². The third-order valence-electron chi connectivity index (χ3n) is 4.71. The molecule has 4 heteroatoms. The first-order chi connectivity index (χ1) is 12.6. The van der Waals surface area contributed by atoms with Gasteiger partial charge in [-0.3, -0.25) is 0 Å². The largest absolute Gasteiger partial charge is 0.207 e. The van der Waals surface area contributed by atoms with Crippen LogP contribution in [-0.4, -0.2) is 7.85 Å². The quantitative estimate of drug-likeness (QED) is 0.389. The van der Waals surface area contributed by atoms with Crippen molar-refractivity contribution in [2.24, 2.45) is 0 Å². The molecule has 0 aromatic heterocycles. The first kappa shape index (κ1) is 18.3. The van der Waals surface area contributed by atoms with E-state index in [1.807, 2.05) is 0 Å². The van der Waals surface area contributed by atoms with Crippen molar-refractivity contribution in [2.45, 2.75) is 24.6 Å². The Labute approximate surface area is 153 Å². The standard InChI is InChI=1S/C22H18BF3/c23-12-4-11-22(16-5-1-8-19(24)13-16,17-6-2-9-20(25)14-17)18-7-3-10-21(26)15-18/h1-3,5-10,13-15H,4,11-12H2. The average Bonchev–Trinajstić information content (AvgIpc) is 2.63. The van der Waals surface area contributed by atoms with Crippen molar-refractivity contribution >= 4 is 7.85 Å². The lowest BCUT2D eigenvalue weighted by Gasteiger charge is -2.36. The van der Waals surface area contributed by atoms with Gasteiger partial charge >= 0.3 is 0 Å². The summed E-state index contributed by atoms with van der Waals surface area (Å²) >= 11 is 0. The van der Waals surface area contributed by atoms with Crippen molar-refractivity contribution in [2.75, 3.05) is 0 Å². The van der Waals surface area contributed by atoms with Gasteiger partial charge < -0.3 is 0 Å². The van der Waals surface area contributed by atoms with Gasteiger partial charge in [-0.2, -0.15) is 0 Å². The zero-order valence-electron chi connectivity index (χ0n) is 14.3. The highest BCUT2D eigenvalue weighted by atomic mass is 19.1. The molecule has 0 bridgehead atoms. The van der Waals surface area contributed by atoms with Crippen molar-refractivity contribution in [3.05, 3.63) is 107 Å². The summed E-state index contributed by atoms with van der Waals surface area (Å²) in [5.74, 6) is -1.19. The molecule has 0 N–H and O–H groups in total. The van der Waals surface area contributed by atoms with Crippen LogP contribution in [0.4, 0.5) is 13.2 Å². The summed E-state index contributed by atoms with van der Waals surface area (Å²) in [4.78, 5) is 0. The molecular weight excluding hydrogens is 332 g/mol.